The molecule has 1 saturated heterocycles. The van der Waals surface area contributed by atoms with E-state index < -0.39 is 0 Å². The van der Waals surface area contributed by atoms with Crippen molar-refractivity contribution in [1.82, 2.24) is 25.1 Å². The lowest BCUT2D eigenvalue weighted by atomic mass is 10.1. The zero-order valence-corrected chi connectivity index (χ0v) is 24.2. The van der Waals surface area contributed by atoms with Crippen molar-refractivity contribution in [3.05, 3.63) is 23.9 Å². The molecule has 8 nitrogen and oxygen atoms in total. The van der Waals surface area contributed by atoms with Crippen molar-refractivity contribution in [3.8, 4) is 28.5 Å². The van der Waals surface area contributed by atoms with Crippen LogP contribution in [0, 0.1) is 0 Å². The van der Waals surface area contributed by atoms with Gasteiger partial charge in [-0.2, -0.15) is 0 Å². The van der Waals surface area contributed by atoms with E-state index in [2.05, 4.69) is 35.2 Å². The van der Waals surface area contributed by atoms with Gasteiger partial charge in [0.05, 0.1) is 32.7 Å². The highest BCUT2D eigenvalue weighted by Crippen LogP contribution is 2.41. The Hall–Kier alpha value is -2.07. The molecular formula is C28H45N5O3S. The maximum absolute atomic E-state index is 5.58. The lowest BCUT2D eigenvalue weighted by Crippen LogP contribution is -2.45. The largest absolute Gasteiger partial charge is 0.493 e. The van der Waals surface area contributed by atoms with Gasteiger partial charge in [0.1, 0.15) is 0 Å². The number of hydrogen-bond donors (Lipinski definition) is 1. The van der Waals surface area contributed by atoms with E-state index in [9.17, 15) is 0 Å². The lowest BCUT2D eigenvalue weighted by Gasteiger charge is -2.32. The molecule has 1 fully saturated rings. The van der Waals surface area contributed by atoms with Crippen LogP contribution < -0.4 is 19.5 Å². The number of unbranched alkanes of at least 4 members (excludes halogenated alkanes) is 3. The van der Waals surface area contributed by atoms with Gasteiger partial charge in [0, 0.05) is 44.0 Å². The van der Waals surface area contributed by atoms with Gasteiger partial charge in [-0.25, -0.2) is 9.97 Å². The van der Waals surface area contributed by atoms with Crippen LogP contribution in [-0.2, 0) is 6.54 Å². The molecule has 0 bridgehead atoms. The highest BCUT2D eigenvalue weighted by molar-refractivity contribution is 7.99. The van der Waals surface area contributed by atoms with Crippen LogP contribution in [0.15, 0.2) is 23.4 Å². The molecule has 1 aliphatic rings. The summed E-state index contributed by atoms with van der Waals surface area (Å²) in [6.07, 6.45) is 6.07. The molecule has 0 saturated carbocycles. The SMILES string of the molecule is CCCCCCSc1nc(CNCCCN2CCN(C)CC2)cc(-c2cc(OC)c(OC)c(OC)c2)n1. The smallest absolute Gasteiger partial charge is 0.203 e. The number of rotatable bonds is 16. The first-order chi connectivity index (χ1) is 18.1. The van der Waals surface area contributed by atoms with Gasteiger partial charge in [0.2, 0.25) is 5.75 Å². The molecule has 206 valence electrons. The van der Waals surface area contributed by atoms with Crippen LogP contribution in [0.1, 0.15) is 44.7 Å². The molecule has 1 aliphatic heterocycles. The summed E-state index contributed by atoms with van der Waals surface area (Å²) in [6, 6.07) is 5.97. The summed E-state index contributed by atoms with van der Waals surface area (Å²) in [4.78, 5) is 14.7. The van der Waals surface area contributed by atoms with E-state index in [-0.39, 0.29) is 0 Å². The fraction of sp³-hybridized carbons (Fsp3) is 0.643. The number of thioether (sulfide) groups is 1. The van der Waals surface area contributed by atoms with Gasteiger partial charge < -0.3 is 29.3 Å². The van der Waals surface area contributed by atoms with Crippen molar-refractivity contribution >= 4 is 11.8 Å². The summed E-state index contributed by atoms with van der Waals surface area (Å²) in [7, 11) is 7.09. The molecule has 3 rings (SSSR count). The van der Waals surface area contributed by atoms with Gasteiger partial charge in [0.25, 0.3) is 0 Å². The van der Waals surface area contributed by atoms with E-state index in [0.29, 0.717) is 23.8 Å². The molecule has 0 radical (unpaired) electrons. The molecule has 1 N–H and O–H groups in total. The molecule has 0 spiro atoms. The molecule has 0 amide bonds. The summed E-state index contributed by atoms with van der Waals surface area (Å²) in [6.45, 7) is 9.72. The van der Waals surface area contributed by atoms with Crippen molar-refractivity contribution in [3.63, 3.8) is 0 Å². The highest BCUT2D eigenvalue weighted by atomic mass is 32.2. The molecule has 1 aromatic carbocycles. The van der Waals surface area contributed by atoms with Crippen molar-refractivity contribution in [2.24, 2.45) is 0 Å². The number of likely N-dealkylation sites (N-methyl/N-ethyl adjacent to an activating group) is 1. The number of piperazine rings is 1. The molecule has 0 unspecified atom stereocenters. The minimum atomic E-state index is 0.579. The summed E-state index contributed by atoms with van der Waals surface area (Å²) >= 11 is 1.74. The third kappa shape index (κ3) is 9.32. The first-order valence-corrected chi connectivity index (χ1v) is 14.5. The first-order valence-electron chi connectivity index (χ1n) is 13.5. The van der Waals surface area contributed by atoms with Gasteiger partial charge >= 0.3 is 0 Å². The highest BCUT2D eigenvalue weighted by Gasteiger charge is 2.17. The Morgan fingerprint density at radius 1 is 0.892 bits per heavy atom. The van der Waals surface area contributed by atoms with Crippen molar-refractivity contribution in [2.45, 2.75) is 50.7 Å². The van der Waals surface area contributed by atoms with Gasteiger partial charge in [-0.1, -0.05) is 37.9 Å². The molecule has 2 aromatic rings. The molecule has 1 aromatic heterocycles. The predicted molar refractivity (Wildman–Crippen MR) is 152 cm³/mol. The second-order valence-corrected chi connectivity index (χ2v) is 10.6. The van der Waals surface area contributed by atoms with E-state index in [1.54, 1.807) is 33.1 Å². The first kappa shape index (κ1) is 29.5. The van der Waals surface area contributed by atoms with Gasteiger partial charge in [-0.05, 0) is 51.2 Å². The number of ether oxygens (including phenoxy) is 3. The van der Waals surface area contributed by atoms with E-state index in [0.717, 1.165) is 60.5 Å². The van der Waals surface area contributed by atoms with Crippen LogP contribution in [0.4, 0.5) is 0 Å². The van der Waals surface area contributed by atoms with Gasteiger partial charge in [-0.15, -0.1) is 0 Å². The monoisotopic (exact) mass is 531 g/mol. The minimum Gasteiger partial charge on any atom is -0.493 e. The number of benzene rings is 1. The van der Waals surface area contributed by atoms with Crippen LogP contribution >= 0.6 is 11.8 Å². The zero-order chi connectivity index (χ0) is 26.5. The summed E-state index contributed by atoms with van der Waals surface area (Å²) < 4.78 is 16.7. The van der Waals surface area contributed by atoms with Crippen LogP contribution in [0.2, 0.25) is 0 Å². The van der Waals surface area contributed by atoms with Crippen LogP contribution in [0.5, 0.6) is 17.2 Å². The predicted octanol–water partition coefficient (Wildman–Crippen LogP) is 4.57. The second-order valence-electron chi connectivity index (χ2n) is 9.53. The maximum Gasteiger partial charge on any atom is 0.203 e. The zero-order valence-electron chi connectivity index (χ0n) is 23.3. The summed E-state index contributed by atoms with van der Waals surface area (Å²) in [5, 5.41) is 4.41. The Labute approximate surface area is 227 Å². The minimum absolute atomic E-state index is 0.579. The molecular weight excluding hydrogens is 486 g/mol. The number of nitrogens with zero attached hydrogens (tertiary/aromatic N) is 4. The standard InChI is InChI=1S/C28H45N5O3S/c1-6-7-8-9-17-37-28-30-23(21-29-11-10-12-33-15-13-32(2)14-16-33)20-24(31-28)22-18-25(34-3)27(36-5)26(19-22)35-4/h18-20,29H,6-17,21H2,1-5H3. The van der Waals surface area contributed by atoms with E-state index in [1.165, 1.54) is 38.8 Å². The second kappa shape index (κ2) is 16.0. The lowest BCUT2D eigenvalue weighted by molar-refractivity contribution is 0.152. The normalized spacial score (nSPS) is 14.6. The molecule has 2 heterocycles. The Morgan fingerprint density at radius 3 is 2.27 bits per heavy atom. The van der Waals surface area contributed by atoms with Crippen molar-refractivity contribution < 1.29 is 14.2 Å². The Balaban J connectivity index is 1.69. The van der Waals surface area contributed by atoms with E-state index in [1.807, 2.05) is 12.1 Å². The molecule has 0 aliphatic carbocycles. The third-order valence-corrected chi connectivity index (χ3v) is 7.61. The Kier molecular flexibility index (Phi) is 12.8. The summed E-state index contributed by atoms with van der Waals surface area (Å²) in [5.41, 5.74) is 2.77. The van der Waals surface area contributed by atoms with E-state index in [4.69, 9.17) is 24.2 Å². The quantitative estimate of drug-likeness (QED) is 0.191. The van der Waals surface area contributed by atoms with Gasteiger partial charge in [-0.3, -0.25) is 0 Å². The molecule has 0 atom stereocenters. The van der Waals surface area contributed by atoms with E-state index >= 15 is 0 Å². The number of nitrogens with one attached hydrogen (secondary N) is 1. The molecule has 9 heteroatoms. The number of hydrogen-bond acceptors (Lipinski definition) is 9. The Bertz CT molecular complexity index is 928. The Morgan fingerprint density at radius 2 is 1.62 bits per heavy atom. The molecule has 37 heavy (non-hydrogen) atoms. The average molecular weight is 532 g/mol. The van der Waals surface area contributed by atoms with Crippen LogP contribution in [-0.4, -0.2) is 93.2 Å². The van der Waals surface area contributed by atoms with Crippen molar-refractivity contribution in [1.29, 1.82) is 0 Å². The van der Waals surface area contributed by atoms with Crippen LogP contribution in [0.25, 0.3) is 11.3 Å². The topological polar surface area (TPSA) is 72.0 Å². The van der Waals surface area contributed by atoms with Gasteiger partial charge in [0.15, 0.2) is 16.7 Å². The fourth-order valence-corrected chi connectivity index (χ4v) is 5.29. The maximum atomic E-state index is 5.58. The summed E-state index contributed by atoms with van der Waals surface area (Å²) in [5.74, 6) is 2.84. The fourth-order valence-electron chi connectivity index (χ4n) is 4.41. The van der Waals surface area contributed by atoms with Crippen molar-refractivity contribution in [2.75, 3.05) is 73.4 Å². The number of aromatic nitrogens is 2. The number of methoxy groups -OCH3 is 3. The third-order valence-electron chi connectivity index (χ3n) is 6.68. The average Bonchev–Trinajstić information content (AvgIpc) is 2.92. The van der Waals surface area contributed by atoms with Crippen LogP contribution in [0.3, 0.4) is 0 Å².